The van der Waals surface area contributed by atoms with Crippen molar-refractivity contribution in [2.24, 2.45) is 0 Å². The van der Waals surface area contributed by atoms with Crippen molar-refractivity contribution in [2.45, 2.75) is 25.9 Å². The summed E-state index contributed by atoms with van der Waals surface area (Å²) in [4.78, 5) is 6.22. The van der Waals surface area contributed by atoms with Gasteiger partial charge in [-0.15, -0.1) is 0 Å². The number of aromatic nitrogens is 2. The average molecular weight is 199 g/mol. The summed E-state index contributed by atoms with van der Waals surface area (Å²) in [5.74, 6) is 1.21. The van der Waals surface area contributed by atoms with E-state index in [2.05, 4.69) is 15.0 Å². The Morgan fingerprint density at radius 1 is 1.50 bits per heavy atom. The van der Waals surface area contributed by atoms with E-state index in [1.54, 1.807) is 6.92 Å². The quantitative estimate of drug-likeness (QED) is 0.728. The molecule has 0 aliphatic carbocycles. The first-order valence-corrected chi connectivity index (χ1v) is 4.72. The highest BCUT2D eigenvalue weighted by atomic mass is 16.5. The molecular weight excluding hydrogens is 182 g/mol. The summed E-state index contributed by atoms with van der Waals surface area (Å²) in [6.45, 7) is 2.59. The molecule has 0 saturated heterocycles. The number of aliphatic hydroxyl groups excluding tert-OH is 1. The Bertz CT molecular complexity index is 271. The van der Waals surface area contributed by atoms with Crippen LogP contribution in [0.25, 0.3) is 0 Å². The second-order valence-corrected chi connectivity index (χ2v) is 3.71. The van der Waals surface area contributed by atoms with Gasteiger partial charge in [-0.25, -0.2) is 0 Å². The van der Waals surface area contributed by atoms with E-state index in [4.69, 9.17) is 9.63 Å². The third-order valence-electron chi connectivity index (χ3n) is 1.76. The molecule has 0 aliphatic rings. The molecule has 0 radical (unpaired) electrons. The molecule has 1 atom stereocenters. The van der Waals surface area contributed by atoms with Crippen molar-refractivity contribution >= 4 is 0 Å². The number of nitrogens with zero attached hydrogens (tertiary/aromatic N) is 3. The Morgan fingerprint density at radius 3 is 2.79 bits per heavy atom. The van der Waals surface area contributed by atoms with Crippen molar-refractivity contribution in [3.8, 4) is 0 Å². The highest BCUT2D eigenvalue weighted by molar-refractivity contribution is 4.88. The summed E-state index contributed by atoms with van der Waals surface area (Å²) in [5.41, 5.74) is 0. The maximum Gasteiger partial charge on any atom is 0.229 e. The molecule has 1 aromatic rings. The fourth-order valence-corrected chi connectivity index (χ4v) is 1.05. The van der Waals surface area contributed by atoms with Crippen molar-refractivity contribution in [3.63, 3.8) is 0 Å². The molecule has 14 heavy (non-hydrogen) atoms. The lowest BCUT2D eigenvalue weighted by molar-refractivity contribution is 0.181. The molecule has 5 heteroatoms. The third kappa shape index (κ3) is 3.85. The zero-order valence-electron chi connectivity index (χ0n) is 8.90. The molecule has 0 amide bonds. The minimum absolute atomic E-state index is 0.426. The monoisotopic (exact) mass is 199 g/mol. The van der Waals surface area contributed by atoms with Gasteiger partial charge in [0.05, 0.1) is 12.5 Å². The van der Waals surface area contributed by atoms with Crippen LogP contribution in [-0.2, 0) is 12.8 Å². The minimum atomic E-state index is -0.433. The smallest absolute Gasteiger partial charge is 0.229 e. The van der Waals surface area contributed by atoms with Gasteiger partial charge in [-0.3, -0.25) is 0 Å². The maximum atomic E-state index is 9.10. The number of hydrogen-bond acceptors (Lipinski definition) is 5. The molecular formula is C9H17N3O2. The highest BCUT2D eigenvalue weighted by Gasteiger charge is 2.08. The van der Waals surface area contributed by atoms with Crippen molar-refractivity contribution in [1.82, 2.24) is 15.0 Å². The molecule has 0 bridgehead atoms. The zero-order chi connectivity index (χ0) is 10.6. The summed E-state index contributed by atoms with van der Waals surface area (Å²) >= 11 is 0. The van der Waals surface area contributed by atoms with Crippen LogP contribution >= 0.6 is 0 Å². The van der Waals surface area contributed by atoms with E-state index in [9.17, 15) is 0 Å². The topological polar surface area (TPSA) is 62.4 Å². The van der Waals surface area contributed by atoms with Gasteiger partial charge in [0.25, 0.3) is 0 Å². The largest absolute Gasteiger partial charge is 0.393 e. The van der Waals surface area contributed by atoms with Crippen LogP contribution < -0.4 is 0 Å². The Kier molecular flexibility index (Phi) is 4.03. The van der Waals surface area contributed by atoms with Gasteiger partial charge in [-0.1, -0.05) is 5.16 Å². The second-order valence-electron chi connectivity index (χ2n) is 3.71. The number of likely N-dealkylation sites (N-methyl/N-ethyl adjacent to an activating group) is 1. The molecule has 1 aromatic heterocycles. The Balaban J connectivity index is 2.42. The molecule has 5 nitrogen and oxygen atoms in total. The Labute approximate surface area is 83.7 Å². The standard InChI is InChI=1S/C9H17N3O2/c1-7(13)6-9-10-8(11-14-9)4-5-12(2)3/h7,13H,4-6H2,1-3H3. The summed E-state index contributed by atoms with van der Waals surface area (Å²) in [5, 5.41) is 12.9. The zero-order valence-corrected chi connectivity index (χ0v) is 8.90. The van der Waals surface area contributed by atoms with Crippen LogP contribution in [0.15, 0.2) is 4.52 Å². The lowest BCUT2D eigenvalue weighted by Gasteiger charge is -2.05. The summed E-state index contributed by atoms with van der Waals surface area (Å²) < 4.78 is 4.97. The molecule has 1 heterocycles. The second kappa shape index (κ2) is 5.07. The Hall–Kier alpha value is -0.940. The minimum Gasteiger partial charge on any atom is -0.393 e. The highest BCUT2D eigenvalue weighted by Crippen LogP contribution is 2.01. The first-order chi connectivity index (χ1) is 6.58. The van der Waals surface area contributed by atoms with Crippen LogP contribution in [0, 0.1) is 0 Å². The van der Waals surface area contributed by atoms with Crippen LogP contribution in [0.5, 0.6) is 0 Å². The van der Waals surface area contributed by atoms with Crippen LogP contribution in [0.2, 0.25) is 0 Å². The van der Waals surface area contributed by atoms with Crippen molar-refractivity contribution in [1.29, 1.82) is 0 Å². The number of hydrogen-bond donors (Lipinski definition) is 1. The molecule has 0 aliphatic heterocycles. The van der Waals surface area contributed by atoms with Crippen molar-refractivity contribution < 1.29 is 9.63 Å². The lowest BCUT2D eigenvalue weighted by Crippen LogP contribution is -2.15. The van der Waals surface area contributed by atoms with Crippen LogP contribution in [0.4, 0.5) is 0 Å². The van der Waals surface area contributed by atoms with Crippen molar-refractivity contribution in [3.05, 3.63) is 11.7 Å². The molecule has 0 aromatic carbocycles. The lowest BCUT2D eigenvalue weighted by atomic mass is 10.3. The van der Waals surface area contributed by atoms with Crippen LogP contribution in [0.1, 0.15) is 18.6 Å². The van der Waals surface area contributed by atoms with Gasteiger partial charge in [-0.05, 0) is 21.0 Å². The fraction of sp³-hybridized carbons (Fsp3) is 0.778. The van der Waals surface area contributed by atoms with Gasteiger partial charge in [-0.2, -0.15) is 4.98 Å². The molecule has 80 valence electrons. The molecule has 0 fully saturated rings. The summed E-state index contributed by atoms with van der Waals surface area (Å²) in [6, 6.07) is 0. The summed E-state index contributed by atoms with van der Waals surface area (Å²) in [7, 11) is 3.99. The molecule has 1 N–H and O–H groups in total. The van der Waals surface area contributed by atoms with E-state index in [-0.39, 0.29) is 0 Å². The number of rotatable bonds is 5. The predicted octanol–water partition coefficient (Wildman–Crippen LogP) is 0.0970. The van der Waals surface area contributed by atoms with Gasteiger partial charge >= 0.3 is 0 Å². The van der Waals surface area contributed by atoms with E-state index in [0.717, 1.165) is 13.0 Å². The number of aliphatic hydroxyl groups is 1. The Morgan fingerprint density at radius 2 is 2.21 bits per heavy atom. The molecule has 0 saturated carbocycles. The SMILES string of the molecule is CC(O)Cc1nc(CCN(C)C)no1. The van der Waals surface area contributed by atoms with E-state index >= 15 is 0 Å². The molecule has 1 rings (SSSR count). The van der Waals surface area contributed by atoms with Gasteiger partial charge < -0.3 is 14.5 Å². The first-order valence-electron chi connectivity index (χ1n) is 4.72. The van der Waals surface area contributed by atoms with Gasteiger partial charge in [0.2, 0.25) is 5.89 Å². The van der Waals surface area contributed by atoms with E-state index < -0.39 is 6.10 Å². The molecule has 0 spiro atoms. The maximum absolute atomic E-state index is 9.10. The predicted molar refractivity (Wildman–Crippen MR) is 51.9 cm³/mol. The first kappa shape index (κ1) is 11.1. The third-order valence-corrected chi connectivity index (χ3v) is 1.76. The van der Waals surface area contributed by atoms with Gasteiger partial charge in [0.1, 0.15) is 0 Å². The van der Waals surface area contributed by atoms with E-state index in [1.807, 2.05) is 14.1 Å². The normalized spacial score (nSPS) is 13.5. The van der Waals surface area contributed by atoms with Crippen LogP contribution in [-0.4, -0.2) is 46.9 Å². The van der Waals surface area contributed by atoms with E-state index in [0.29, 0.717) is 18.1 Å². The average Bonchev–Trinajstić information content (AvgIpc) is 2.47. The summed E-state index contributed by atoms with van der Waals surface area (Å²) in [6.07, 6.45) is 0.766. The fourth-order valence-electron chi connectivity index (χ4n) is 1.05. The van der Waals surface area contributed by atoms with Crippen molar-refractivity contribution in [2.75, 3.05) is 20.6 Å². The van der Waals surface area contributed by atoms with E-state index in [1.165, 1.54) is 0 Å². The van der Waals surface area contributed by atoms with Crippen LogP contribution in [0.3, 0.4) is 0 Å². The van der Waals surface area contributed by atoms with Gasteiger partial charge in [0, 0.05) is 13.0 Å². The molecule has 1 unspecified atom stereocenters. The van der Waals surface area contributed by atoms with Gasteiger partial charge in [0.15, 0.2) is 5.82 Å².